The largest absolute Gasteiger partial charge is 0.497 e. The molecular formula is C34H38BrN3O6. The Morgan fingerprint density at radius 2 is 1.66 bits per heavy atom. The van der Waals surface area contributed by atoms with Crippen molar-refractivity contribution in [1.82, 2.24) is 4.90 Å². The van der Waals surface area contributed by atoms with E-state index in [-0.39, 0.29) is 24.8 Å². The fraction of sp³-hybridized carbons (Fsp3) is 0.382. The molecule has 232 valence electrons. The van der Waals surface area contributed by atoms with Crippen LogP contribution in [0.3, 0.4) is 0 Å². The topological polar surface area (TPSA) is 88.6 Å². The number of rotatable bonds is 5. The minimum absolute atomic E-state index is 0.0785. The van der Waals surface area contributed by atoms with Gasteiger partial charge in [0, 0.05) is 40.9 Å². The first-order valence-electron chi connectivity index (χ1n) is 14.7. The maximum Gasteiger partial charge on any atom is 0.410 e. The van der Waals surface area contributed by atoms with E-state index in [1.165, 1.54) is 0 Å². The molecule has 2 aliphatic heterocycles. The molecule has 10 heteroatoms. The lowest BCUT2D eigenvalue weighted by molar-refractivity contribution is -0.127. The van der Waals surface area contributed by atoms with Crippen molar-refractivity contribution >= 4 is 45.2 Å². The van der Waals surface area contributed by atoms with E-state index in [1.807, 2.05) is 75.4 Å². The monoisotopic (exact) mass is 663 g/mol. The predicted octanol–water partition coefficient (Wildman–Crippen LogP) is 6.73. The lowest BCUT2D eigenvalue weighted by Gasteiger charge is -2.42. The van der Waals surface area contributed by atoms with E-state index >= 15 is 0 Å². The molecule has 0 N–H and O–H groups in total. The molecule has 0 aromatic heterocycles. The van der Waals surface area contributed by atoms with Gasteiger partial charge in [-0.2, -0.15) is 0 Å². The summed E-state index contributed by atoms with van der Waals surface area (Å²) in [6.45, 7) is 6.37. The van der Waals surface area contributed by atoms with Gasteiger partial charge in [-0.1, -0.05) is 40.2 Å². The number of nitrogens with zero attached hydrogens (tertiary/aromatic N) is 3. The summed E-state index contributed by atoms with van der Waals surface area (Å²) in [5.74, 6) is 0.466. The fourth-order valence-corrected chi connectivity index (χ4v) is 6.27. The average Bonchev–Trinajstić information content (AvgIpc) is 3.19. The smallest absolute Gasteiger partial charge is 0.410 e. The van der Waals surface area contributed by atoms with E-state index in [9.17, 15) is 14.4 Å². The van der Waals surface area contributed by atoms with Crippen LogP contribution in [0.5, 0.6) is 11.5 Å². The number of para-hydroxylation sites is 1. The molecule has 3 aromatic rings. The molecule has 0 bridgehead atoms. The van der Waals surface area contributed by atoms with E-state index in [4.69, 9.17) is 14.2 Å². The number of fused-ring (bicyclic) bond motifs is 1. The van der Waals surface area contributed by atoms with Gasteiger partial charge in [-0.05, 0) is 75.2 Å². The summed E-state index contributed by atoms with van der Waals surface area (Å²) in [5.41, 5.74) is 2.32. The molecule has 9 nitrogen and oxygen atoms in total. The zero-order chi connectivity index (χ0) is 31.6. The lowest BCUT2D eigenvalue weighted by Crippen LogP contribution is -2.50. The Labute approximate surface area is 266 Å². The zero-order valence-corrected chi connectivity index (χ0v) is 27.3. The van der Waals surface area contributed by atoms with Crippen molar-refractivity contribution in [2.45, 2.75) is 51.8 Å². The number of hydrogen-bond acceptors (Lipinski definition) is 6. The highest BCUT2D eigenvalue weighted by atomic mass is 79.9. The van der Waals surface area contributed by atoms with Gasteiger partial charge in [0.2, 0.25) is 11.8 Å². The third-order valence-electron chi connectivity index (χ3n) is 7.93. The minimum atomic E-state index is -0.650. The number of anilines is 2. The normalized spacial score (nSPS) is 18.8. The van der Waals surface area contributed by atoms with Crippen LogP contribution in [0.4, 0.5) is 16.2 Å². The number of piperidine rings is 1. The molecular weight excluding hydrogens is 626 g/mol. The third kappa shape index (κ3) is 6.55. The van der Waals surface area contributed by atoms with Gasteiger partial charge in [-0.3, -0.25) is 9.59 Å². The van der Waals surface area contributed by atoms with Crippen molar-refractivity contribution in [3.63, 3.8) is 0 Å². The van der Waals surface area contributed by atoms with Crippen LogP contribution in [-0.2, 0) is 20.9 Å². The number of benzene rings is 3. The van der Waals surface area contributed by atoms with E-state index in [1.54, 1.807) is 41.1 Å². The SMILES string of the molecule is COc1ccc(N2C(=O)CCC(C(=O)N3CCN(C(=O)OC(C)(C)C)Cc4ccc(Br)cc43)C2c2ccccc2OC)cc1. The number of carbonyl (C=O) groups excluding carboxylic acids is 3. The van der Waals surface area contributed by atoms with E-state index < -0.39 is 23.7 Å². The molecule has 2 aliphatic rings. The van der Waals surface area contributed by atoms with Crippen LogP contribution in [0.2, 0.25) is 0 Å². The Morgan fingerprint density at radius 1 is 0.932 bits per heavy atom. The van der Waals surface area contributed by atoms with Crippen molar-refractivity contribution in [3.05, 3.63) is 82.3 Å². The van der Waals surface area contributed by atoms with Crippen LogP contribution < -0.4 is 19.3 Å². The van der Waals surface area contributed by atoms with Crippen LogP contribution in [0.1, 0.15) is 50.8 Å². The molecule has 0 spiro atoms. The lowest BCUT2D eigenvalue weighted by atomic mass is 9.82. The van der Waals surface area contributed by atoms with Crippen LogP contribution >= 0.6 is 15.9 Å². The summed E-state index contributed by atoms with van der Waals surface area (Å²) >= 11 is 3.58. The highest BCUT2D eigenvalue weighted by Crippen LogP contribution is 2.45. The van der Waals surface area contributed by atoms with Crippen molar-refractivity contribution in [2.75, 3.05) is 37.1 Å². The summed E-state index contributed by atoms with van der Waals surface area (Å²) in [7, 11) is 3.18. The van der Waals surface area contributed by atoms with Gasteiger partial charge in [0.05, 0.1) is 32.7 Å². The summed E-state index contributed by atoms with van der Waals surface area (Å²) in [5, 5.41) is 0. The highest BCUT2D eigenvalue weighted by Gasteiger charge is 2.45. The Bertz CT molecular complexity index is 1540. The fourth-order valence-electron chi connectivity index (χ4n) is 5.92. The highest BCUT2D eigenvalue weighted by molar-refractivity contribution is 9.10. The minimum Gasteiger partial charge on any atom is -0.497 e. The summed E-state index contributed by atoms with van der Waals surface area (Å²) in [6.07, 6.45) is 0.140. The third-order valence-corrected chi connectivity index (χ3v) is 8.43. The molecule has 3 aromatic carbocycles. The van der Waals surface area contributed by atoms with E-state index in [2.05, 4.69) is 15.9 Å². The van der Waals surface area contributed by atoms with Crippen molar-refractivity contribution in [3.8, 4) is 11.5 Å². The van der Waals surface area contributed by atoms with E-state index in [0.29, 0.717) is 36.7 Å². The van der Waals surface area contributed by atoms with Gasteiger partial charge < -0.3 is 28.9 Å². The van der Waals surface area contributed by atoms with Gasteiger partial charge in [0.1, 0.15) is 17.1 Å². The van der Waals surface area contributed by atoms with Crippen LogP contribution in [0.25, 0.3) is 0 Å². The molecule has 1 saturated heterocycles. The van der Waals surface area contributed by atoms with Crippen molar-refractivity contribution in [1.29, 1.82) is 0 Å². The molecule has 0 aliphatic carbocycles. The Balaban J connectivity index is 1.57. The van der Waals surface area contributed by atoms with E-state index in [0.717, 1.165) is 21.3 Å². The zero-order valence-electron chi connectivity index (χ0n) is 25.7. The summed E-state index contributed by atoms with van der Waals surface area (Å²) in [6, 6.07) is 19.9. The van der Waals surface area contributed by atoms with Gasteiger partial charge >= 0.3 is 6.09 Å². The molecule has 5 rings (SSSR count). The molecule has 44 heavy (non-hydrogen) atoms. The number of halogens is 1. The number of ether oxygens (including phenoxy) is 3. The number of hydrogen-bond donors (Lipinski definition) is 0. The quantitative estimate of drug-likeness (QED) is 0.301. The number of methoxy groups -OCH3 is 2. The maximum atomic E-state index is 14.8. The molecule has 1 fully saturated rings. The number of carbonyl (C=O) groups is 3. The second-order valence-electron chi connectivity index (χ2n) is 12.0. The second kappa shape index (κ2) is 12.9. The summed E-state index contributed by atoms with van der Waals surface area (Å²) in [4.78, 5) is 46.8. The predicted molar refractivity (Wildman–Crippen MR) is 172 cm³/mol. The van der Waals surface area contributed by atoms with Crippen molar-refractivity contribution < 1.29 is 28.6 Å². The second-order valence-corrected chi connectivity index (χ2v) is 12.9. The molecule has 0 saturated carbocycles. The molecule has 2 unspecified atom stereocenters. The van der Waals surface area contributed by atoms with Crippen LogP contribution in [0, 0.1) is 5.92 Å². The van der Waals surface area contributed by atoms with Crippen molar-refractivity contribution in [2.24, 2.45) is 5.92 Å². The van der Waals surface area contributed by atoms with Crippen LogP contribution in [-0.4, -0.2) is 55.7 Å². The first-order valence-corrected chi connectivity index (χ1v) is 15.5. The number of amides is 3. The molecule has 0 radical (unpaired) electrons. The maximum absolute atomic E-state index is 14.8. The first-order chi connectivity index (χ1) is 21.0. The summed E-state index contributed by atoms with van der Waals surface area (Å²) < 4.78 is 17.6. The van der Waals surface area contributed by atoms with Gasteiger partial charge in [0.15, 0.2) is 0 Å². The molecule has 2 atom stereocenters. The molecule has 3 amide bonds. The first kappa shape index (κ1) is 31.4. The Kier molecular flexibility index (Phi) is 9.20. The van der Waals surface area contributed by atoms with Gasteiger partial charge in [0.25, 0.3) is 0 Å². The van der Waals surface area contributed by atoms with Gasteiger partial charge in [-0.25, -0.2) is 4.79 Å². The molecule has 2 heterocycles. The van der Waals surface area contributed by atoms with Crippen LogP contribution in [0.15, 0.2) is 71.2 Å². The Morgan fingerprint density at radius 3 is 2.34 bits per heavy atom. The average molecular weight is 665 g/mol. The Hall–Kier alpha value is -4.05. The standard InChI is InChI=1S/C34H38BrN3O6/c1-34(2,3)44-33(41)36-18-19-37(28-20-23(35)11-10-22(28)21-36)32(40)27-16-17-30(39)38(24-12-14-25(42-4)15-13-24)31(27)26-8-6-7-9-29(26)43-5/h6-15,20,27,31H,16-19,21H2,1-5H3. The van der Waals surface area contributed by atoms with Gasteiger partial charge in [-0.15, -0.1) is 0 Å².